The molecule has 3 aliphatic rings. The number of hydrogen-bond donors (Lipinski definition) is 1. The Labute approximate surface area is 159 Å². The van der Waals surface area contributed by atoms with Crippen LogP contribution in [-0.4, -0.2) is 85.4 Å². The van der Waals surface area contributed by atoms with Crippen LogP contribution in [0.25, 0.3) is 0 Å². The lowest BCUT2D eigenvalue weighted by Crippen LogP contribution is -2.61. The lowest BCUT2D eigenvalue weighted by Gasteiger charge is -2.44. The maximum atomic E-state index is 12.6. The highest BCUT2D eigenvalue weighted by Crippen LogP contribution is 2.19. The van der Waals surface area contributed by atoms with Gasteiger partial charge in [-0.05, 0) is 31.5 Å². The Morgan fingerprint density at radius 1 is 1.26 bits per heavy atom. The zero-order chi connectivity index (χ0) is 18.6. The first-order chi connectivity index (χ1) is 13.2. The van der Waals surface area contributed by atoms with Gasteiger partial charge in [-0.1, -0.05) is 0 Å². The molecule has 8 nitrogen and oxygen atoms in total. The second-order valence-corrected chi connectivity index (χ2v) is 7.43. The number of ether oxygens (including phenoxy) is 1. The molecule has 3 aliphatic heterocycles. The molecule has 1 aromatic rings. The predicted molar refractivity (Wildman–Crippen MR) is 100 cm³/mol. The van der Waals surface area contributed by atoms with Crippen molar-refractivity contribution in [2.75, 3.05) is 57.3 Å². The van der Waals surface area contributed by atoms with E-state index in [1.165, 1.54) is 12.8 Å². The lowest BCUT2D eigenvalue weighted by atomic mass is 10.1. The number of piperazine rings is 1. The van der Waals surface area contributed by atoms with E-state index in [9.17, 15) is 4.79 Å². The van der Waals surface area contributed by atoms with E-state index in [-0.39, 0.29) is 12.1 Å². The van der Waals surface area contributed by atoms with Gasteiger partial charge in [0.2, 0.25) is 0 Å². The molecule has 0 saturated carbocycles. The average Bonchev–Trinajstić information content (AvgIpc) is 3.20. The van der Waals surface area contributed by atoms with Crippen LogP contribution in [0.2, 0.25) is 0 Å². The topological polar surface area (TPSA) is 84.7 Å². The Bertz CT molecular complexity index is 683. The van der Waals surface area contributed by atoms with Crippen LogP contribution in [0.15, 0.2) is 18.3 Å². The van der Waals surface area contributed by atoms with Gasteiger partial charge in [0.25, 0.3) is 0 Å². The molecule has 0 unspecified atom stereocenters. The third kappa shape index (κ3) is 4.15. The number of hydrogen-bond acceptors (Lipinski definition) is 6. The lowest BCUT2D eigenvalue weighted by molar-refractivity contribution is -0.0468. The van der Waals surface area contributed by atoms with Gasteiger partial charge < -0.3 is 24.8 Å². The van der Waals surface area contributed by atoms with Crippen LogP contribution < -0.4 is 10.2 Å². The summed E-state index contributed by atoms with van der Waals surface area (Å²) in [5.74, 6) is 0.860. The van der Waals surface area contributed by atoms with Crippen molar-refractivity contribution >= 4 is 11.8 Å². The van der Waals surface area contributed by atoms with Crippen molar-refractivity contribution < 1.29 is 9.53 Å². The normalized spacial score (nSPS) is 23.2. The quantitative estimate of drug-likeness (QED) is 0.838. The van der Waals surface area contributed by atoms with Crippen LogP contribution >= 0.6 is 0 Å². The second kappa shape index (κ2) is 8.11. The summed E-state index contributed by atoms with van der Waals surface area (Å²) in [6, 6.07) is 6.32. The summed E-state index contributed by atoms with van der Waals surface area (Å²) < 4.78 is 5.91. The van der Waals surface area contributed by atoms with Gasteiger partial charge in [-0.2, -0.15) is 5.26 Å². The Kier molecular flexibility index (Phi) is 5.41. The number of nitrogens with zero attached hydrogens (tertiary/aromatic N) is 5. The van der Waals surface area contributed by atoms with Crippen molar-refractivity contribution in [3.05, 3.63) is 23.9 Å². The molecule has 144 valence electrons. The number of nitrogens with one attached hydrogen (secondary N) is 1. The summed E-state index contributed by atoms with van der Waals surface area (Å²) >= 11 is 0. The second-order valence-electron chi connectivity index (χ2n) is 7.43. The average molecular weight is 370 g/mol. The van der Waals surface area contributed by atoms with E-state index in [0.717, 1.165) is 32.1 Å². The third-order valence-electron chi connectivity index (χ3n) is 5.57. The smallest absolute Gasteiger partial charge is 0.320 e. The molecule has 1 aromatic heterocycles. The fourth-order valence-corrected chi connectivity index (χ4v) is 3.82. The zero-order valence-electron chi connectivity index (χ0n) is 15.5. The summed E-state index contributed by atoms with van der Waals surface area (Å²) in [7, 11) is 0. The molecule has 4 heterocycles. The van der Waals surface area contributed by atoms with Crippen LogP contribution in [0.3, 0.4) is 0 Å². The molecule has 3 saturated heterocycles. The number of carbonyl (C=O) groups is 1. The van der Waals surface area contributed by atoms with Crippen molar-refractivity contribution in [3.8, 4) is 6.07 Å². The number of carbonyl (C=O) groups excluding carboxylic acids is 1. The largest absolute Gasteiger partial charge is 0.373 e. The van der Waals surface area contributed by atoms with Gasteiger partial charge in [0.1, 0.15) is 11.9 Å². The summed E-state index contributed by atoms with van der Waals surface area (Å²) in [6.07, 6.45) is 4.19. The molecule has 0 aliphatic carbocycles. The fraction of sp³-hybridized carbons (Fsp3) is 0.632. The molecular formula is C19H26N6O2. The molecule has 3 fully saturated rings. The van der Waals surface area contributed by atoms with Crippen molar-refractivity contribution in [2.24, 2.45) is 0 Å². The first-order valence-electron chi connectivity index (χ1n) is 9.73. The fourth-order valence-electron chi connectivity index (χ4n) is 3.82. The maximum Gasteiger partial charge on any atom is 0.320 e. The molecule has 8 heteroatoms. The highest BCUT2D eigenvalue weighted by atomic mass is 16.5. The number of urea groups is 1. The van der Waals surface area contributed by atoms with Gasteiger partial charge in [-0.3, -0.25) is 0 Å². The van der Waals surface area contributed by atoms with Gasteiger partial charge in [0, 0.05) is 38.4 Å². The molecule has 0 bridgehead atoms. The molecule has 27 heavy (non-hydrogen) atoms. The highest BCUT2D eigenvalue weighted by Gasteiger charge is 2.35. The third-order valence-corrected chi connectivity index (χ3v) is 5.57. The molecule has 4 rings (SSSR count). The van der Waals surface area contributed by atoms with E-state index in [1.807, 2.05) is 15.9 Å². The van der Waals surface area contributed by atoms with Crippen molar-refractivity contribution in [2.45, 2.75) is 25.0 Å². The maximum absolute atomic E-state index is 12.6. The van der Waals surface area contributed by atoms with Crippen LogP contribution in [-0.2, 0) is 4.74 Å². The van der Waals surface area contributed by atoms with Crippen molar-refractivity contribution in [1.29, 1.82) is 5.26 Å². The van der Waals surface area contributed by atoms with Gasteiger partial charge in [0.05, 0.1) is 31.4 Å². The summed E-state index contributed by atoms with van der Waals surface area (Å²) in [5, 5.41) is 12.3. The van der Waals surface area contributed by atoms with E-state index >= 15 is 0 Å². The summed E-state index contributed by atoms with van der Waals surface area (Å²) in [5.41, 5.74) is 0.561. The Balaban J connectivity index is 1.18. The number of pyridine rings is 1. The Hall–Kier alpha value is -2.37. The standard InChI is InChI=1S/C19H26N6O2/c20-10-15-3-4-18(22-11-15)23-6-8-24(9-7-23)19(26)25-12-17(13-25)27-14-16-2-1-5-21-16/h3-4,11,16-17,21H,1-2,5-9,12-14H2/t16-/m0/s1. The molecule has 1 atom stereocenters. The van der Waals surface area contributed by atoms with Gasteiger partial charge in [0.15, 0.2) is 0 Å². The van der Waals surface area contributed by atoms with Crippen LogP contribution in [0, 0.1) is 11.3 Å². The number of rotatable bonds is 4. The highest BCUT2D eigenvalue weighted by molar-refractivity contribution is 5.75. The minimum absolute atomic E-state index is 0.112. The number of amides is 2. The van der Waals surface area contributed by atoms with Crippen LogP contribution in [0.1, 0.15) is 18.4 Å². The summed E-state index contributed by atoms with van der Waals surface area (Å²) in [6.45, 7) is 6.13. The van der Waals surface area contributed by atoms with E-state index in [0.29, 0.717) is 37.8 Å². The van der Waals surface area contributed by atoms with Crippen LogP contribution in [0.5, 0.6) is 0 Å². The van der Waals surface area contributed by atoms with E-state index in [4.69, 9.17) is 10.00 Å². The molecule has 0 radical (unpaired) electrons. The van der Waals surface area contributed by atoms with Crippen molar-refractivity contribution in [1.82, 2.24) is 20.1 Å². The summed E-state index contributed by atoms with van der Waals surface area (Å²) in [4.78, 5) is 22.9. The first kappa shape index (κ1) is 18.0. The van der Waals surface area contributed by atoms with Crippen molar-refractivity contribution in [3.63, 3.8) is 0 Å². The van der Waals surface area contributed by atoms with E-state index < -0.39 is 0 Å². The monoisotopic (exact) mass is 370 g/mol. The minimum atomic E-state index is 0.112. The molecular weight excluding hydrogens is 344 g/mol. The van der Waals surface area contributed by atoms with Gasteiger partial charge in [-0.15, -0.1) is 0 Å². The number of likely N-dealkylation sites (tertiary alicyclic amines) is 1. The minimum Gasteiger partial charge on any atom is -0.373 e. The number of anilines is 1. The Morgan fingerprint density at radius 3 is 2.70 bits per heavy atom. The SMILES string of the molecule is N#Cc1ccc(N2CCN(C(=O)N3CC(OC[C@@H]4CCCN4)C3)CC2)nc1. The van der Waals surface area contributed by atoms with E-state index in [2.05, 4.69) is 21.3 Å². The molecule has 0 aromatic carbocycles. The molecule has 0 spiro atoms. The van der Waals surface area contributed by atoms with Gasteiger partial charge in [-0.25, -0.2) is 9.78 Å². The molecule has 2 amide bonds. The Morgan fingerprint density at radius 2 is 2.07 bits per heavy atom. The zero-order valence-corrected chi connectivity index (χ0v) is 15.5. The van der Waals surface area contributed by atoms with Crippen LogP contribution in [0.4, 0.5) is 10.6 Å². The van der Waals surface area contributed by atoms with Gasteiger partial charge >= 0.3 is 6.03 Å². The number of aromatic nitrogens is 1. The number of nitriles is 1. The predicted octanol–water partition coefficient (Wildman–Crippen LogP) is 0.648. The first-order valence-corrected chi connectivity index (χ1v) is 9.73. The molecule has 1 N–H and O–H groups in total. The van der Waals surface area contributed by atoms with E-state index in [1.54, 1.807) is 12.3 Å².